The van der Waals surface area contributed by atoms with Crippen molar-refractivity contribution in [1.29, 1.82) is 0 Å². The van der Waals surface area contributed by atoms with Gasteiger partial charge in [-0.2, -0.15) is 0 Å². The van der Waals surface area contributed by atoms with E-state index in [9.17, 15) is 14.0 Å². The smallest absolute Gasteiger partial charge is 0.307 e. The molecule has 5 rings (SSSR count). The number of likely N-dealkylation sites (N-methyl/N-ethyl adjacent to an activating group) is 1. The summed E-state index contributed by atoms with van der Waals surface area (Å²) in [6.07, 6.45) is 5.16. The van der Waals surface area contributed by atoms with Gasteiger partial charge < -0.3 is 14.7 Å². The number of piperidine rings is 1. The van der Waals surface area contributed by atoms with Gasteiger partial charge in [0.25, 0.3) is 5.91 Å². The van der Waals surface area contributed by atoms with Crippen LogP contribution in [0.5, 0.6) is 5.75 Å². The zero-order valence-corrected chi connectivity index (χ0v) is 23.0. The molecule has 0 atom stereocenters. The van der Waals surface area contributed by atoms with Crippen LogP contribution in [0.4, 0.5) is 15.8 Å². The Bertz CT molecular complexity index is 1450. The molecule has 2 saturated heterocycles. The average molecular weight is 560 g/mol. The Labute approximate surface area is 237 Å². The number of carbonyl (C=O) groups is 2. The predicted octanol–water partition coefficient (Wildman–Crippen LogP) is 6.26. The molecule has 0 radical (unpaired) electrons. The third-order valence-electron chi connectivity index (χ3n) is 6.81. The van der Waals surface area contributed by atoms with E-state index in [1.54, 1.807) is 43.5 Å². The van der Waals surface area contributed by atoms with E-state index in [1.807, 2.05) is 36.4 Å². The van der Waals surface area contributed by atoms with Crippen molar-refractivity contribution < 1.29 is 23.8 Å². The SMILES string of the molecule is CN1C(=O)/C(=C/c2ccc(OCc3ccc(N4CCCCC4)c(F)c3)cc2)SC1=Nc1ccc(CC(=O)O)cc1. The molecule has 2 aliphatic rings. The summed E-state index contributed by atoms with van der Waals surface area (Å²) >= 11 is 1.28. The van der Waals surface area contributed by atoms with E-state index in [1.165, 1.54) is 23.1 Å². The number of carboxylic acid groups (broad SMARTS) is 1. The molecule has 0 unspecified atom stereocenters. The summed E-state index contributed by atoms with van der Waals surface area (Å²) < 4.78 is 20.6. The number of carboxylic acids is 1. The van der Waals surface area contributed by atoms with Crippen molar-refractivity contribution in [3.05, 3.63) is 94.1 Å². The molecule has 3 aromatic rings. The van der Waals surface area contributed by atoms with Crippen LogP contribution in [0.25, 0.3) is 6.08 Å². The lowest BCUT2D eigenvalue weighted by molar-refractivity contribution is -0.136. The average Bonchev–Trinajstić information content (AvgIpc) is 3.21. The molecule has 0 spiro atoms. The number of carbonyl (C=O) groups excluding carboxylic acids is 1. The number of benzene rings is 3. The van der Waals surface area contributed by atoms with E-state index in [4.69, 9.17) is 9.84 Å². The van der Waals surface area contributed by atoms with E-state index < -0.39 is 5.97 Å². The Morgan fingerprint density at radius 1 is 1.02 bits per heavy atom. The molecule has 9 heteroatoms. The molecule has 206 valence electrons. The molecule has 0 aliphatic carbocycles. The van der Waals surface area contributed by atoms with Gasteiger partial charge in [0.05, 0.1) is 22.7 Å². The van der Waals surface area contributed by atoms with E-state index in [-0.39, 0.29) is 24.8 Å². The van der Waals surface area contributed by atoms with Crippen LogP contribution in [-0.4, -0.2) is 47.2 Å². The normalized spacial score (nSPS) is 17.6. The van der Waals surface area contributed by atoms with Gasteiger partial charge in [-0.1, -0.05) is 30.3 Å². The van der Waals surface area contributed by atoms with Crippen molar-refractivity contribution >= 4 is 46.3 Å². The summed E-state index contributed by atoms with van der Waals surface area (Å²) in [6, 6.07) is 19.6. The predicted molar refractivity (Wildman–Crippen MR) is 156 cm³/mol. The lowest BCUT2D eigenvalue weighted by Gasteiger charge is -2.29. The Balaban J connectivity index is 1.19. The summed E-state index contributed by atoms with van der Waals surface area (Å²) in [4.78, 5) is 32.4. The minimum atomic E-state index is -0.890. The van der Waals surface area contributed by atoms with Crippen molar-refractivity contribution in [2.75, 3.05) is 25.0 Å². The molecule has 7 nitrogen and oxygen atoms in total. The maximum atomic E-state index is 14.7. The van der Waals surface area contributed by atoms with Crippen LogP contribution in [-0.2, 0) is 22.6 Å². The number of hydrogen-bond acceptors (Lipinski definition) is 6. The summed E-state index contributed by atoms with van der Waals surface area (Å²) in [5.74, 6) is -0.606. The maximum absolute atomic E-state index is 14.7. The van der Waals surface area contributed by atoms with Crippen LogP contribution in [0.3, 0.4) is 0 Å². The summed E-state index contributed by atoms with van der Waals surface area (Å²) in [5, 5.41) is 9.47. The van der Waals surface area contributed by atoms with Crippen LogP contribution >= 0.6 is 11.8 Å². The Morgan fingerprint density at radius 3 is 2.40 bits per heavy atom. The topological polar surface area (TPSA) is 82.4 Å². The molecule has 1 N–H and O–H groups in total. The first kappa shape index (κ1) is 27.5. The van der Waals surface area contributed by atoms with Gasteiger partial charge in [-0.15, -0.1) is 0 Å². The molecule has 2 heterocycles. The highest BCUT2D eigenvalue weighted by molar-refractivity contribution is 8.18. The molecule has 2 fully saturated rings. The second-order valence-electron chi connectivity index (χ2n) is 9.80. The van der Waals surface area contributed by atoms with Crippen molar-refractivity contribution in [2.45, 2.75) is 32.3 Å². The van der Waals surface area contributed by atoms with Crippen LogP contribution in [0.1, 0.15) is 36.0 Å². The molecule has 0 bridgehead atoms. The molecule has 2 aliphatic heterocycles. The van der Waals surface area contributed by atoms with Crippen LogP contribution in [0, 0.1) is 5.82 Å². The van der Waals surface area contributed by atoms with Gasteiger partial charge >= 0.3 is 5.97 Å². The second-order valence-corrected chi connectivity index (χ2v) is 10.8. The number of ether oxygens (including phenoxy) is 1. The van der Waals surface area contributed by atoms with E-state index in [2.05, 4.69) is 9.89 Å². The number of thioether (sulfide) groups is 1. The maximum Gasteiger partial charge on any atom is 0.307 e. The highest BCUT2D eigenvalue weighted by atomic mass is 32.2. The van der Waals surface area contributed by atoms with E-state index in [0.717, 1.165) is 37.1 Å². The molecule has 1 amide bonds. The third kappa shape index (κ3) is 6.71. The molecular formula is C31H30FN3O4S. The standard InChI is InChI=1S/C31H30FN3O4S/c1-34-30(38)28(40-31(34)33-24-10-5-22(6-11-24)19-29(36)37)18-21-7-12-25(13-8-21)39-20-23-9-14-27(26(32)17-23)35-15-3-2-4-16-35/h5-14,17-18H,2-4,15-16,19-20H2,1H3,(H,36,37)/b28-18-,33-31?. The Hall–Kier alpha value is -4.11. The monoisotopic (exact) mass is 559 g/mol. The van der Waals surface area contributed by atoms with Gasteiger partial charge in [0, 0.05) is 20.1 Å². The zero-order valence-electron chi connectivity index (χ0n) is 22.2. The van der Waals surface area contributed by atoms with Crippen LogP contribution in [0.15, 0.2) is 76.6 Å². The zero-order chi connectivity index (χ0) is 28.1. The fourth-order valence-electron chi connectivity index (χ4n) is 4.63. The molecule has 0 aromatic heterocycles. The minimum Gasteiger partial charge on any atom is -0.489 e. The number of aliphatic carboxylic acids is 1. The van der Waals surface area contributed by atoms with Gasteiger partial charge in [-0.3, -0.25) is 14.5 Å². The van der Waals surface area contributed by atoms with Gasteiger partial charge in [0.2, 0.25) is 0 Å². The largest absolute Gasteiger partial charge is 0.489 e. The number of hydrogen-bond donors (Lipinski definition) is 1. The molecule has 3 aromatic carbocycles. The summed E-state index contributed by atoms with van der Waals surface area (Å²) in [7, 11) is 1.67. The minimum absolute atomic E-state index is 0.0504. The number of amidine groups is 1. The lowest BCUT2D eigenvalue weighted by atomic mass is 10.1. The second kappa shape index (κ2) is 12.4. The Kier molecular flexibility index (Phi) is 8.50. The lowest BCUT2D eigenvalue weighted by Crippen LogP contribution is -2.30. The van der Waals surface area contributed by atoms with Gasteiger partial charge in [-0.25, -0.2) is 9.38 Å². The van der Waals surface area contributed by atoms with Crippen LogP contribution < -0.4 is 9.64 Å². The van der Waals surface area contributed by atoms with Gasteiger partial charge in [0.1, 0.15) is 18.2 Å². The van der Waals surface area contributed by atoms with Gasteiger partial charge in [-0.05, 0) is 90.2 Å². The van der Waals surface area contributed by atoms with Crippen molar-refractivity contribution in [1.82, 2.24) is 4.90 Å². The number of nitrogens with zero attached hydrogens (tertiary/aromatic N) is 3. The van der Waals surface area contributed by atoms with Gasteiger partial charge in [0.15, 0.2) is 5.17 Å². The highest BCUT2D eigenvalue weighted by Crippen LogP contribution is 2.33. The quantitative estimate of drug-likeness (QED) is 0.328. The van der Waals surface area contributed by atoms with Crippen molar-refractivity contribution in [3.63, 3.8) is 0 Å². The van der Waals surface area contributed by atoms with Crippen molar-refractivity contribution in [3.8, 4) is 5.75 Å². The number of aliphatic imine (C=N–C) groups is 1. The number of anilines is 1. The number of amides is 1. The highest BCUT2D eigenvalue weighted by Gasteiger charge is 2.30. The third-order valence-corrected chi connectivity index (χ3v) is 7.87. The summed E-state index contributed by atoms with van der Waals surface area (Å²) in [6.45, 7) is 2.05. The first-order valence-electron chi connectivity index (χ1n) is 13.2. The Morgan fingerprint density at radius 2 is 1.73 bits per heavy atom. The van der Waals surface area contributed by atoms with E-state index >= 15 is 0 Å². The number of halogens is 1. The van der Waals surface area contributed by atoms with Crippen molar-refractivity contribution in [2.24, 2.45) is 4.99 Å². The molecular weight excluding hydrogens is 529 g/mol. The summed E-state index contributed by atoms with van der Waals surface area (Å²) in [5.41, 5.74) is 3.59. The first-order valence-corrected chi connectivity index (χ1v) is 14.0. The fourth-order valence-corrected chi connectivity index (χ4v) is 5.62. The van der Waals surface area contributed by atoms with Crippen LogP contribution in [0.2, 0.25) is 0 Å². The molecule has 0 saturated carbocycles. The number of rotatable bonds is 8. The molecule has 40 heavy (non-hydrogen) atoms. The first-order chi connectivity index (χ1) is 19.4. The fraction of sp³-hybridized carbons (Fsp3) is 0.258. The van der Waals surface area contributed by atoms with E-state index in [0.29, 0.717) is 32.8 Å².